The van der Waals surface area contributed by atoms with Gasteiger partial charge in [0.25, 0.3) is 11.6 Å². The van der Waals surface area contributed by atoms with Gasteiger partial charge in [0.2, 0.25) is 0 Å². The Kier molecular flexibility index (Phi) is 8.12. The molecule has 30 heavy (non-hydrogen) atoms. The number of nitrogens with one attached hydrogen (secondary N) is 2. The number of nitro benzene ring substituents is 1. The van der Waals surface area contributed by atoms with Crippen LogP contribution in [-0.2, 0) is 9.53 Å². The fraction of sp³-hybridized carbons (Fsp3) is 0.300. The number of hydrogen-bond donors (Lipinski definition) is 3. The third-order valence-electron chi connectivity index (χ3n) is 3.95. The first-order valence-electron chi connectivity index (χ1n) is 9.23. The van der Waals surface area contributed by atoms with Crippen molar-refractivity contribution in [3.63, 3.8) is 0 Å². The topological polar surface area (TPSA) is 140 Å². The molecule has 0 fully saturated rings. The highest BCUT2D eigenvalue weighted by molar-refractivity contribution is 6.00. The quantitative estimate of drug-likeness (QED) is 0.304. The largest absolute Gasteiger partial charge is 0.494 e. The first kappa shape index (κ1) is 22.6. The summed E-state index contributed by atoms with van der Waals surface area (Å²) in [7, 11) is 0. The lowest BCUT2D eigenvalue weighted by Crippen LogP contribution is -2.30. The molecule has 2 aromatic rings. The smallest absolute Gasteiger partial charge is 0.341 e. The van der Waals surface area contributed by atoms with Gasteiger partial charge in [0.1, 0.15) is 5.75 Å². The van der Waals surface area contributed by atoms with Crippen LogP contribution in [0.25, 0.3) is 0 Å². The number of carbonyl (C=O) groups excluding carboxylic acids is 2. The summed E-state index contributed by atoms with van der Waals surface area (Å²) in [5.41, 5.74) is 0.326. The number of nitro groups is 1. The molecule has 0 aromatic heterocycles. The van der Waals surface area contributed by atoms with Crippen LogP contribution >= 0.6 is 0 Å². The molecule has 10 nitrogen and oxygen atoms in total. The number of aliphatic hydroxyl groups excluding tert-OH is 1. The normalized spacial score (nSPS) is 11.3. The number of hydrogen-bond acceptors (Lipinski definition) is 8. The van der Waals surface area contributed by atoms with Crippen molar-refractivity contribution in [3.8, 4) is 5.75 Å². The van der Waals surface area contributed by atoms with Crippen LogP contribution in [0, 0.1) is 10.1 Å². The van der Waals surface area contributed by atoms with Crippen molar-refractivity contribution >= 4 is 28.9 Å². The maximum absolute atomic E-state index is 12.5. The molecule has 0 heterocycles. The molecule has 10 heteroatoms. The zero-order valence-electron chi connectivity index (χ0n) is 16.6. The Labute approximate surface area is 173 Å². The van der Waals surface area contributed by atoms with Crippen molar-refractivity contribution in [1.82, 2.24) is 0 Å². The van der Waals surface area contributed by atoms with E-state index in [0.29, 0.717) is 18.0 Å². The number of anilines is 2. The third kappa shape index (κ3) is 6.17. The molecule has 0 bridgehead atoms. The second kappa shape index (κ2) is 10.8. The monoisotopic (exact) mass is 417 g/mol. The van der Waals surface area contributed by atoms with Crippen molar-refractivity contribution in [1.29, 1.82) is 0 Å². The van der Waals surface area contributed by atoms with E-state index in [4.69, 9.17) is 14.6 Å². The van der Waals surface area contributed by atoms with Gasteiger partial charge in [-0.15, -0.1) is 0 Å². The van der Waals surface area contributed by atoms with Crippen LogP contribution in [0.4, 0.5) is 17.1 Å². The Hall–Kier alpha value is -3.66. The number of carbonyl (C=O) groups is 2. The standard InChI is InChI=1S/C20H23N3O7/c1-3-29-16-7-4-14(5-8-16)22-19(25)13(2)30-20(26)17-12-15(23(27)28)6-9-18(17)21-10-11-24/h4-9,12-13,21,24H,3,10-11H2,1-2H3,(H,22,25). The molecule has 3 N–H and O–H groups in total. The van der Waals surface area contributed by atoms with Gasteiger partial charge < -0.3 is 25.2 Å². The molecule has 0 aliphatic heterocycles. The Morgan fingerprint density at radius 2 is 1.90 bits per heavy atom. The minimum atomic E-state index is -1.16. The van der Waals surface area contributed by atoms with E-state index in [1.54, 1.807) is 24.3 Å². The second-order valence-electron chi connectivity index (χ2n) is 6.13. The van der Waals surface area contributed by atoms with Crippen molar-refractivity contribution in [2.24, 2.45) is 0 Å². The maximum atomic E-state index is 12.5. The molecular weight excluding hydrogens is 394 g/mol. The van der Waals surface area contributed by atoms with Gasteiger partial charge in [0, 0.05) is 30.1 Å². The second-order valence-corrected chi connectivity index (χ2v) is 6.13. The van der Waals surface area contributed by atoms with Crippen molar-refractivity contribution in [2.75, 3.05) is 30.4 Å². The van der Waals surface area contributed by atoms with Crippen molar-refractivity contribution in [3.05, 3.63) is 58.1 Å². The highest BCUT2D eigenvalue weighted by Gasteiger charge is 2.23. The molecule has 1 amide bonds. The first-order valence-corrected chi connectivity index (χ1v) is 9.23. The molecule has 1 unspecified atom stereocenters. The molecule has 0 saturated heterocycles. The summed E-state index contributed by atoms with van der Waals surface area (Å²) in [6, 6.07) is 10.3. The van der Waals surface area contributed by atoms with Gasteiger partial charge in [0.15, 0.2) is 6.10 Å². The van der Waals surface area contributed by atoms with Gasteiger partial charge in [-0.1, -0.05) is 0 Å². The van der Waals surface area contributed by atoms with Gasteiger partial charge in [-0.25, -0.2) is 4.79 Å². The zero-order valence-corrected chi connectivity index (χ0v) is 16.6. The Bertz CT molecular complexity index is 900. The number of non-ortho nitro benzene ring substituents is 1. The summed E-state index contributed by atoms with van der Waals surface area (Å²) in [5.74, 6) is -0.820. The van der Waals surface area contributed by atoms with E-state index in [1.807, 2.05) is 6.92 Å². The van der Waals surface area contributed by atoms with E-state index in [0.717, 1.165) is 6.07 Å². The van der Waals surface area contributed by atoms with Crippen LogP contribution in [0.5, 0.6) is 5.75 Å². The van der Waals surface area contributed by atoms with Gasteiger partial charge in [-0.2, -0.15) is 0 Å². The van der Waals surface area contributed by atoms with Crippen LogP contribution in [0.1, 0.15) is 24.2 Å². The number of amides is 1. The molecule has 0 saturated carbocycles. The molecule has 0 spiro atoms. The number of ether oxygens (including phenoxy) is 2. The van der Waals surface area contributed by atoms with E-state index in [9.17, 15) is 19.7 Å². The number of nitrogens with zero attached hydrogens (tertiary/aromatic N) is 1. The van der Waals surface area contributed by atoms with Crippen molar-refractivity contribution in [2.45, 2.75) is 20.0 Å². The van der Waals surface area contributed by atoms with Gasteiger partial charge in [-0.05, 0) is 44.2 Å². The van der Waals surface area contributed by atoms with Gasteiger partial charge >= 0.3 is 5.97 Å². The predicted octanol–water partition coefficient (Wildman–Crippen LogP) is 2.58. The molecule has 0 aliphatic rings. The molecule has 2 rings (SSSR count). The molecule has 160 valence electrons. The van der Waals surface area contributed by atoms with E-state index < -0.39 is 22.9 Å². The molecular formula is C20H23N3O7. The van der Waals surface area contributed by atoms with Crippen LogP contribution in [0.3, 0.4) is 0 Å². The molecule has 2 aromatic carbocycles. The lowest BCUT2D eigenvalue weighted by atomic mass is 10.1. The number of esters is 1. The minimum absolute atomic E-state index is 0.113. The van der Waals surface area contributed by atoms with E-state index in [1.165, 1.54) is 19.1 Å². The van der Waals surface area contributed by atoms with Crippen molar-refractivity contribution < 1.29 is 29.1 Å². The first-order chi connectivity index (χ1) is 14.3. The fourth-order valence-corrected chi connectivity index (χ4v) is 2.48. The molecule has 0 aliphatic carbocycles. The lowest BCUT2D eigenvalue weighted by molar-refractivity contribution is -0.384. The average Bonchev–Trinajstić information content (AvgIpc) is 2.73. The summed E-state index contributed by atoms with van der Waals surface area (Å²) >= 11 is 0. The van der Waals surface area contributed by atoms with Crippen LogP contribution < -0.4 is 15.4 Å². The SMILES string of the molecule is CCOc1ccc(NC(=O)C(C)OC(=O)c2cc([N+](=O)[O-])ccc2NCCO)cc1. The molecule has 0 radical (unpaired) electrons. The minimum Gasteiger partial charge on any atom is -0.494 e. The maximum Gasteiger partial charge on any atom is 0.341 e. The van der Waals surface area contributed by atoms with Gasteiger partial charge in [-0.3, -0.25) is 14.9 Å². The Morgan fingerprint density at radius 1 is 1.20 bits per heavy atom. The highest BCUT2D eigenvalue weighted by atomic mass is 16.6. The van der Waals surface area contributed by atoms with E-state index in [-0.39, 0.29) is 30.1 Å². The van der Waals surface area contributed by atoms with Crippen LogP contribution in [-0.4, -0.2) is 47.8 Å². The number of benzene rings is 2. The zero-order chi connectivity index (χ0) is 22.1. The van der Waals surface area contributed by atoms with E-state index in [2.05, 4.69) is 10.6 Å². The van der Waals surface area contributed by atoms with Crippen LogP contribution in [0.2, 0.25) is 0 Å². The van der Waals surface area contributed by atoms with Crippen LogP contribution in [0.15, 0.2) is 42.5 Å². The van der Waals surface area contributed by atoms with E-state index >= 15 is 0 Å². The number of aliphatic hydroxyl groups is 1. The summed E-state index contributed by atoms with van der Waals surface area (Å²) < 4.78 is 10.5. The Morgan fingerprint density at radius 3 is 2.50 bits per heavy atom. The lowest BCUT2D eigenvalue weighted by Gasteiger charge is -2.16. The summed E-state index contributed by atoms with van der Waals surface area (Å²) in [6.07, 6.45) is -1.16. The fourth-order valence-electron chi connectivity index (χ4n) is 2.48. The Balaban J connectivity index is 2.08. The predicted molar refractivity (Wildman–Crippen MR) is 110 cm³/mol. The summed E-state index contributed by atoms with van der Waals surface area (Å²) in [4.78, 5) is 35.3. The molecule has 1 atom stereocenters. The highest BCUT2D eigenvalue weighted by Crippen LogP contribution is 2.24. The average molecular weight is 417 g/mol. The van der Waals surface area contributed by atoms with Gasteiger partial charge in [0.05, 0.1) is 23.7 Å². The third-order valence-corrected chi connectivity index (χ3v) is 3.95. The summed E-state index contributed by atoms with van der Waals surface area (Å²) in [5, 5.41) is 25.4. The summed E-state index contributed by atoms with van der Waals surface area (Å²) in [6.45, 7) is 3.70. The number of rotatable bonds is 10.